The van der Waals surface area contributed by atoms with E-state index in [0.717, 1.165) is 11.0 Å². The van der Waals surface area contributed by atoms with Gasteiger partial charge in [-0.15, -0.1) is 0 Å². The molecule has 7 rings (SSSR count). The molecule has 0 N–H and O–H groups in total. The van der Waals surface area contributed by atoms with E-state index in [1.54, 1.807) is 12.3 Å². The van der Waals surface area contributed by atoms with Crippen LogP contribution in [-0.2, 0) is 15.5 Å². The lowest BCUT2D eigenvalue weighted by Gasteiger charge is -2.40. The molecule has 2 aliphatic heterocycles. The normalized spacial score (nSPS) is 30.6. The molecule has 2 atom stereocenters. The maximum Gasteiger partial charge on any atom is 0.352 e. The molecule has 3 fully saturated rings. The summed E-state index contributed by atoms with van der Waals surface area (Å²) in [6.45, 7) is 0.132. The first kappa shape index (κ1) is 21.3. The van der Waals surface area contributed by atoms with Gasteiger partial charge in [-0.3, -0.25) is 9.59 Å². The largest absolute Gasteiger partial charge is 0.352 e. The Labute approximate surface area is 193 Å². The number of hydrazone groups is 1. The first-order chi connectivity index (χ1) is 16.2. The number of carbonyl (C=O) groups excluding carboxylic acids is 2. The summed E-state index contributed by atoms with van der Waals surface area (Å²) in [6.07, 6.45) is 3.56. The molecule has 5 aliphatic rings. The van der Waals surface area contributed by atoms with Gasteiger partial charge in [-0.2, -0.15) is 13.9 Å². The highest BCUT2D eigenvalue weighted by molar-refractivity contribution is 6.05. The molecule has 3 saturated carbocycles. The minimum Gasteiger partial charge on any atom is -0.306 e. The summed E-state index contributed by atoms with van der Waals surface area (Å²) in [5.41, 5.74) is -0.412. The first-order valence-corrected chi connectivity index (χ1v) is 11.3. The maximum absolute atomic E-state index is 14.5. The quantitative estimate of drug-likeness (QED) is 0.603. The molecule has 3 aliphatic carbocycles. The van der Waals surface area contributed by atoms with Crippen molar-refractivity contribution in [1.29, 1.82) is 0 Å². The van der Waals surface area contributed by atoms with Crippen LogP contribution in [0.15, 0.2) is 47.6 Å². The Morgan fingerprint density at radius 1 is 1.06 bits per heavy atom. The van der Waals surface area contributed by atoms with Gasteiger partial charge in [0.25, 0.3) is 0 Å². The molecule has 0 spiro atoms. The molecule has 2 heterocycles. The summed E-state index contributed by atoms with van der Waals surface area (Å²) in [7, 11) is 0. The van der Waals surface area contributed by atoms with Crippen LogP contribution in [0.4, 0.5) is 23.2 Å². The van der Waals surface area contributed by atoms with E-state index < -0.39 is 34.9 Å². The van der Waals surface area contributed by atoms with E-state index in [1.807, 2.05) is 0 Å². The van der Waals surface area contributed by atoms with E-state index in [2.05, 4.69) is 5.10 Å². The van der Waals surface area contributed by atoms with Crippen LogP contribution in [-0.4, -0.2) is 29.6 Å². The minimum atomic E-state index is -3.55. The summed E-state index contributed by atoms with van der Waals surface area (Å²) in [4.78, 5) is 27.2. The number of fused-ring (bicyclic) bond motifs is 2. The van der Waals surface area contributed by atoms with Crippen molar-refractivity contribution < 1.29 is 27.2 Å². The van der Waals surface area contributed by atoms with Crippen LogP contribution in [0.1, 0.15) is 42.9 Å². The van der Waals surface area contributed by atoms with Gasteiger partial charge in [0.1, 0.15) is 11.6 Å². The molecule has 0 radical (unpaired) electrons. The van der Waals surface area contributed by atoms with Crippen molar-refractivity contribution in [1.82, 2.24) is 5.01 Å². The molecule has 0 aromatic heterocycles. The van der Waals surface area contributed by atoms with Gasteiger partial charge >= 0.3 is 11.8 Å². The van der Waals surface area contributed by atoms with Crippen LogP contribution < -0.4 is 4.90 Å². The monoisotopic (exact) mass is 471 g/mol. The molecule has 2 aromatic carbocycles. The molecule has 2 bridgehead atoms. The van der Waals surface area contributed by atoms with E-state index in [4.69, 9.17) is 0 Å². The van der Waals surface area contributed by atoms with Crippen LogP contribution in [0.2, 0.25) is 0 Å². The van der Waals surface area contributed by atoms with Crippen molar-refractivity contribution in [3.8, 4) is 0 Å². The van der Waals surface area contributed by atoms with Gasteiger partial charge < -0.3 is 4.90 Å². The van der Waals surface area contributed by atoms with Gasteiger partial charge in [-0.05, 0) is 54.9 Å². The summed E-state index contributed by atoms with van der Waals surface area (Å²) < 4.78 is 56.5. The number of rotatable bonds is 4. The van der Waals surface area contributed by atoms with Crippen LogP contribution in [0.25, 0.3) is 0 Å². The van der Waals surface area contributed by atoms with Gasteiger partial charge in [-0.25, -0.2) is 13.8 Å². The number of alkyl halides is 2. The fourth-order valence-electron chi connectivity index (χ4n) is 6.27. The SMILES string of the molecule is O=C(N1N=CCC1c1cc(F)cc(F)c1)C12CC(C1)[C@H](CN1C(=O)C(F)(F)c3ccccc31)C2. The highest BCUT2D eigenvalue weighted by Crippen LogP contribution is 2.63. The topological polar surface area (TPSA) is 53.0 Å². The van der Waals surface area contributed by atoms with E-state index >= 15 is 0 Å². The summed E-state index contributed by atoms with van der Waals surface area (Å²) in [6, 6.07) is 8.52. The lowest BCUT2D eigenvalue weighted by atomic mass is 9.68. The van der Waals surface area contributed by atoms with Crippen molar-refractivity contribution in [3.63, 3.8) is 0 Å². The number of hydrogen-bond donors (Lipinski definition) is 0. The molecule has 176 valence electrons. The molecule has 2 aromatic rings. The lowest BCUT2D eigenvalue weighted by Crippen LogP contribution is -2.45. The number of halogens is 4. The number of hydrogen-bond acceptors (Lipinski definition) is 3. The van der Waals surface area contributed by atoms with E-state index in [0.29, 0.717) is 31.2 Å². The van der Waals surface area contributed by atoms with Gasteiger partial charge in [-0.1, -0.05) is 18.2 Å². The summed E-state index contributed by atoms with van der Waals surface area (Å²) >= 11 is 0. The fourth-order valence-corrected chi connectivity index (χ4v) is 6.27. The number of amides is 2. The van der Waals surface area contributed by atoms with Crippen LogP contribution >= 0.6 is 0 Å². The summed E-state index contributed by atoms with van der Waals surface area (Å²) in [5.74, 6) is -6.37. The van der Waals surface area contributed by atoms with Crippen molar-refractivity contribution in [2.24, 2.45) is 22.4 Å². The van der Waals surface area contributed by atoms with E-state index in [1.165, 1.54) is 35.3 Å². The lowest BCUT2D eigenvalue weighted by molar-refractivity contribution is -0.148. The average Bonchev–Trinajstić information content (AvgIpc) is 3.51. The molecule has 0 saturated heterocycles. The highest BCUT2D eigenvalue weighted by atomic mass is 19.3. The zero-order valence-electron chi connectivity index (χ0n) is 18.1. The van der Waals surface area contributed by atoms with Crippen LogP contribution in [0.5, 0.6) is 0 Å². The third-order valence-corrected chi connectivity index (χ3v) is 7.85. The number of nitrogens with zero attached hydrogens (tertiary/aromatic N) is 3. The van der Waals surface area contributed by atoms with E-state index in [-0.39, 0.29) is 35.5 Å². The zero-order valence-corrected chi connectivity index (χ0v) is 18.1. The third-order valence-electron chi connectivity index (χ3n) is 7.85. The third kappa shape index (κ3) is 2.95. The molecule has 5 nitrogen and oxygen atoms in total. The Bertz CT molecular complexity index is 1220. The van der Waals surface area contributed by atoms with Crippen LogP contribution in [0.3, 0.4) is 0 Å². The van der Waals surface area contributed by atoms with Crippen LogP contribution in [0, 0.1) is 28.9 Å². The number of carbonyl (C=O) groups is 2. The predicted molar refractivity (Wildman–Crippen MR) is 115 cm³/mol. The Morgan fingerprint density at radius 2 is 1.76 bits per heavy atom. The maximum atomic E-state index is 14.5. The number of anilines is 1. The summed E-state index contributed by atoms with van der Waals surface area (Å²) in [5, 5.41) is 5.52. The average molecular weight is 471 g/mol. The second kappa shape index (κ2) is 7.13. The molecular formula is C25H21F4N3O2. The first-order valence-electron chi connectivity index (χ1n) is 11.3. The minimum absolute atomic E-state index is 0.0912. The second-order valence-electron chi connectivity index (χ2n) is 9.82. The van der Waals surface area contributed by atoms with Crippen molar-refractivity contribution >= 4 is 23.7 Å². The van der Waals surface area contributed by atoms with E-state index in [9.17, 15) is 27.2 Å². The zero-order chi connectivity index (χ0) is 23.8. The van der Waals surface area contributed by atoms with Gasteiger partial charge in [0.05, 0.1) is 22.7 Å². The second-order valence-corrected chi connectivity index (χ2v) is 9.82. The molecule has 34 heavy (non-hydrogen) atoms. The smallest absolute Gasteiger partial charge is 0.306 e. The predicted octanol–water partition coefficient (Wildman–Crippen LogP) is 4.78. The Balaban J connectivity index is 1.20. The molecule has 2 amide bonds. The number of benzene rings is 2. The fraction of sp³-hybridized carbons (Fsp3) is 0.400. The standard InChI is InChI=1S/C25H21F4N3O2/c26-17-7-14(8-18(27)9-17)20-5-6-30-32(20)22(33)24-10-15(11-24)16(12-24)13-31-21-4-2-1-3-19(21)25(28,29)23(31)34/h1-4,6-9,15-16,20H,5,10-13H2/t15?,16-,20?,24?/m0/s1. The highest BCUT2D eigenvalue weighted by Gasteiger charge is 2.63. The Morgan fingerprint density at radius 3 is 2.50 bits per heavy atom. The molecular weight excluding hydrogens is 450 g/mol. The Hall–Kier alpha value is -3.23. The number of para-hydroxylation sites is 1. The Kier molecular flexibility index (Phi) is 4.47. The molecule has 1 unspecified atom stereocenters. The van der Waals surface area contributed by atoms with Gasteiger partial charge in [0.15, 0.2) is 0 Å². The molecule has 9 heteroatoms. The van der Waals surface area contributed by atoms with Crippen molar-refractivity contribution in [2.45, 2.75) is 37.6 Å². The van der Waals surface area contributed by atoms with Crippen molar-refractivity contribution in [3.05, 3.63) is 65.2 Å². The van der Waals surface area contributed by atoms with Gasteiger partial charge in [0, 0.05) is 25.2 Å². The van der Waals surface area contributed by atoms with Crippen molar-refractivity contribution in [2.75, 3.05) is 11.4 Å². The van der Waals surface area contributed by atoms with Gasteiger partial charge in [0.2, 0.25) is 5.91 Å².